The average Bonchev–Trinajstić information content (AvgIpc) is 3.05. The van der Waals surface area contributed by atoms with Crippen molar-refractivity contribution in [1.29, 1.82) is 0 Å². The molecule has 3 rings (SSSR count). The molecule has 0 saturated heterocycles. The SMILES string of the molecule is C=Cc1ccc(CCNC(=O)c2c[nH]c3cc([N+](=O)[O-])ccc23)cc1. The van der Waals surface area contributed by atoms with Gasteiger partial charge < -0.3 is 10.3 Å². The van der Waals surface area contributed by atoms with Crippen molar-refractivity contribution in [1.82, 2.24) is 10.3 Å². The summed E-state index contributed by atoms with van der Waals surface area (Å²) in [7, 11) is 0. The number of fused-ring (bicyclic) bond motifs is 1. The Balaban J connectivity index is 1.65. The third-order valence-electron chi connectivity index (χ3n) is 4.04. The molecule has 1 heterocycles. The van der Waals surface area contributed by atoms with E-state index in [4.69, 9.17) is 0 Å². The zero-order valence-electron chi connectivity index (χ0n) is 13.5. The second-order valence-electron chi connectivity index (χ2n) is 5.64. The van der Waals surface area contributed by atoms with E-state index < -0.39 is 4.92 Å². The highest BCUT2D eigenvalue weighted by molar-refractivity contribution is 6.07. The molecule has 1 aromatic heterocycles. The van der Waals surface area contributed by atoms with Gasteiger partial charge in [-0.2, -0.15) is 0 Å². The second-order valence-corrected chi connectivity index (χ2v) is 5.64. The summed E-state index contributed by atoms with van der Waals surface area (Å²) in [5.74, 6) is -0.206. The van der Waals surface area contributed by atoms with E-state index in [2.05, 4.69) is 16.9 Å². The fourth-order valence-electron chi connectivity index (χ4n) is 2.65. The average molecular weight is 335 g/mol. The third kappa shape index (κ3) is 3.58. The molecule has 0 bridgehead atoms. The zero-order chi connectivity index (χ0) is 17.8. The van der Waals surface area contributed by atoms with Crippen LogP contribution in [0.2, 0.25) is 0 Å². The molecule has 126 valence electrons. The Kier molecular flexibility index (Phi) is 4.61. The van der Waals surface area contributed by atoms with Gasteiger partial charge in [0, 0.05) is 30.3 Å². The second kappa shape index (κ2) is 7.00. The summed E-state index contributed by atoms with van der Waals surface area (Å²) in [6.07, 6.45) is 4.08. The number of nitro groups is 1. The van der Waals surface area contributed by atoms with E-state index in [0.29, 0.717) is 23.0 Å². The van der Waals surface area contributed by atoms with Crippen LogP contribution in [0.25, 0.3) is 17.0 Å². The van der Waals surface area contributed by atoms with Crippen LogP contribution >= 0.6 is 0 Å². The minimum absolute atomic E-state index is 0.00993. The number of non-ortho nitro benzene ring substituents is 1. The number of hydrogen-bond donors (Lipinski definition) is 2. The van der Waals surface area contributed by atoms with Crippen molar-refractivity contribution in [3.05, 3.63) is 82.0 Å². The molecule has 0 atom stereocenters. The largest absolute Gasteiger partial charge is 0.360 e. The zero-order valence-corrected chi connectivity index (χ0v) is 13.5. The van der Waals surface area contributed by atoms with E-state index in [1.807, 2.05) is 24.3 Å². The number of nitrogens with zero attached hydrogens (tertiary/aromatic N) is 1. The van der Waals surface area contributed by atoms with Crippen molar-refractivity contribution in [2.24, 2.45) is 0 Å². The molecule has 0 spiro atoms. The van der Waals surface area contributed by atoms with Gasteiger partial charge in [-0.25, -0.2) is 0 Å². The molecule has 0 saturated carbocycles. The maximum Gasteiger partial charge on any atom is 0.271 e. The smallest absolute Gasteiger partial charge is 0.271 e. The highest BCUT2D eigenvalue weighted by Gasteiger charge is 2.14. The highest BCUT2D eigenvalue weighted by atomic mass is 16.6. The van der Waals surface area contributed by atoms with Crippen molar-refractivity contribution >= 4 is 28.6 Å². The van der Waals surface area contributed by atoms with E-state index in [9.17, 15) is 14.9 Å². The number of benzene rings is 2. The van der Waals surface area contributed by atoms with Gasteiger partial charge in [0.25, 0.3) is 11.6 Å². The molecule has 25 heavy (non-hydrogen) atoms. The lowest BCUT2D eigenvalue weighted by atomic mass is 10.1. The standard InChI is InChI=1S/C19H17N3O3/c1-2-13-3-5-14(6-4-13)9-10-20-19(23)17-12-21-18-11-15(22(24)25)7-8-16(17)18/h2-8,11-12,21H,1,9-10H2,(H,20,23). The fraction of sp³-hybridized carbons (Fsp3) is 0.105. The Morgan fingerprint density at radius 1 is 1.24 bits per heavy atom. The summed E-state index contributed by atoms with van der Waals surface area (Å²) < 4.78 is 0. The summed E-state index contributed by atoms with van der Waals surface area (Å²) in [6.45, 7) is 4.22. The quantitative estimate of drug-likeness (QED) is 0.532. The van der Waals surface area contributed by atoms with Gasteiger partial charge in [-0.15, -0.1) is 0 Å². The number of aromatic nitrogens is 1. The van der Waals surface area contributed by atoms with Gasteiger partial charge in [-0.1, -0.05) is 36.9 Å². The van der Waals surface area contributed by atoms with Crippen LogP contribution in [0.5, 0.6) is 0 Å². The number of aromatic amines is 1. The molecule has 3 aromatic rings. The summed E-state index contributed by atoms with van der Waals surface area (Å²) in [5, 5.41) is 14.4. The maximum atomic E-state index is 12.4. The van der Waals surface area contributed by atoms with E-state index in [-0.39, 0.29) is 11.6 Å². The van der Waals surface area contributed by atoms with E-state index in [0.717, 1.165) is 17.5 Å². The van der Waals surface area contributed by atoms with Crippen LogP contribution < -0.4 is 5.32 Å². The number of carbonyl (C=O) groups is 1. The number of nitrogens with one attached hydrogen (secondary N) is 2. The van der Waals surface area contributed by atoms with Crippen molar-refractivity contribution in [2.45, 2.75) is 6.42 Å². The molecular weight excluding hydrogens is 318 g/mol. The molecular formula is C19H17N3O3. The Hall–Kier alpha value is -3.41. The first-order valence-corrected chi connectivity index (χ1v) is 7.83. The molecule has 0 aliphatic carbocycles. The van der Waals surface area contributed by atoms with Crippen molar-refractivity contribution in [3.8, 4) is 0 Å². The molecule has 0 radical (unpaired) electrons. The maximum absolute atomic E-state index is 12.4. The van der Waals surface area contributed by atoms with Crippen LogP contribution in [0, 0.1) is 10.1 Å². The number of rotatable bonds is 6. The highest BCUT2D eigenvalue weighted by Crippen LogP contribution is 2.23. The van der Waals surface area contributed by atoms with E-state index >= 15 is 0 Å². The minimum Gasteiger partial charge on any atom is -0.360 e. The van der Waals surface area contributed by atoms with E-state index in [1.165, 1.54) is 12.1 Å². The molecule has 2 aromatic carbocycles. The van der Waals surface area contributed by atoms with E-state index in [1.54, 1.807) is 18.3 Å². The number of hydrogen-bond acceptors (Lipinski definition) is 3. The van der Waals surface area contributed by atoms with Crippen LogP contribution in [-0.4, -0.2) is 22.4 Å². The Labute approximate surface area is 144 Å². The molecule has 0 fully saturated rings. The third-order valence-corrected chi connectivity index (χ3v) is 4.04. The Morgan fingerprint density at radius 2 is 2.00 bits per heavy atom. The number of amides is 1. The number of carbonyl (C=O) groups excluding carboxylic acids is 1. The van der Waals surface area contributed by atoms with Gasteiger partial charge in [-0.05, 0) is 23.6 Å². The van der Waals surface area contributed by atoms with Crippen molar-refractivity contribution in [2.75, 3.05) is 6.54 Å². The molecule has 6 nitrogen and oxygen atoms in total. The minimum atomic E-state index is -0.461. The Morgan fingerprint density at radius 3 is 2.68 bits per heavy atom. The first-order valence-electron chi connectivity index (χ1n) is 7.83. The molecule has 6 heteroatoms. The predicted molar refractivity (Wildman–Crippen MR) is 97.5 cm³/mol. The van der Waals surface area contributed by atoms with Crippen LogP contribution in [0.15, 0.2) is 55.2 Å². The number of nitro benzene ring substituents is 1. The lowest BCUT2D eigenvalue weighted by Gasteiger charge is -2.05. The summed E-state index contributed by atoms with van der Waals surface area (Å²) in [6, 6.07) is 12.4. The van der Waals surface area contributed by atoms with Gasteiger partial charge in [0.15, 0.2) is 0 Å². The van der Waals surface area contributed by atoms with Crippen molar-refractivity contribution < 1.29 is 9.72 Å². The molecule has 2 N–H and O–H groups in total. The summed E-state index contributed by atoms with van der Waals surface area (Å²) in [5.41, 5.74) is 3.22. The number of H-pyrrole nitrogens is 1. The van der Waals surface area contributed by atoms with Gasteiger partial charge >= 0.3 is 0 Å². The monoisotopic (exact) mass is 335 g/mol. The first-order chi connectivity index (χ1) is 12.1. The molecule has 0 aliphatic rings. The normalized spacial score (nSPS) is 10.6. The first kappa shape index (κ1) is 16.4. The van der Waals surface area contributed by atoms with Crippen LogP contribution in [0.3, 0.4) is 0 Å². The predicted octanol–water partition coefficient (Wildman–Crippen LogP) is 3.69. The van der Waals surface area contributed by atoms with Gasteiger partial charge in [0.05, 0.1) is 16.0 Å². The summed E-state index contributed by atoms with van der Waals surface area (Å²) in [4.78, 5) is 25.6. The van der Waals surface area contributed by atoms with Gasteiger partial charge in [0.1, 0.15) is 0 Å². The molecule has 1 amide bonds. The molecule has 0 unspecified atom stereocenters. The van der Waals surface area contributed by atoms with Crippen molar-refractivity contribution in [3.63, 3.8) is 0 Å². The van der Waals surface area contributed by atoms with Gasteiger partial charge in [-0.3, -0.25) is 14.9 Å². The lowest BCUT2D eigenvalue weighted by Crippen LogP contribution is -2.25. The topological polar surface area (TPSA) is 88.0 Å². The van der Waals surface area contributed by atoms with Crippen LogP contribution in [0.1, 0.15) is 21.5 Å². The molecule has 0 aliphatic heterocycles. The van der Waals surface area contributed by atoms with Crippen LogP contribution in [-0.2, 0) is 6.42 Å². The summed E-state index contributed by atoms with van der Waals surface area (Å²) >= 11 is 0. The Bertz CT molecular complexity index is 942. The van der Waals surface area contributed by atoms with Crippen LogP contribution in [0.4, 0.5) is 5.69 Å². The lowest BCUT2D eigenvalue weighted by molar-refractivity contribution is -0.384. The van der Waals surface area contributed by atoms with Gasteiger partial charge in [0.2, 0.25) is 0 Å². The fourth-order valence-corrected chi connectivity index (χ4v) is 2.65.